The molecule has 0 aliphatic carbocycles. The zero-order chi connectivity index (χ0) is 12.3. The molecule has 2 nitrogen and oxygen atoms in total. The minimum Gasteiger partial charge on any atom is -0.304 e. The van der Waals surface area contributed by atoms with Gasteiger partial charge in [-0.1, -0.05) is 13.8 Å². The first-order valence-electron chi connectivity index (χ1n) is 7.65. The van der Waals surface area contributed by atoms with Crippen molar-refractivity contribution in [2.75, 3.05) is 32.7 Å². The zero-order valence-corrected chi connectivity index (χ0v) is 12.0. The van der Waals surface area contributed by atoms with E-state index in [2.05, 4.69) is 30.6 Å². The van der Waals surface area contributed by atoms with Gasteiger partial charge in [0.05, 0.1) is 0 Å². The molecule has 2 aliphatic heterocycles. The Morgan fingerprint density at radius 2 is 1.47 bits per heavy atom. The molecule has 2 heteroatoms. The second-order valence-corrected chi connectivity index (χ2v) is 6.23. The van der Waals surface area contributed by atoms with E-state index in [0.717, 1.165) is 11.5 Å². The van der Waals surface area contributed by atoms with E-state index < -0.39 is 0 Å². The summed E-state index contributed by atoms with van der Waals surface area (Å²) in [5.74, 6) is 0. The lowest BCUT2D eigenvalue weighted by Gasteiger charge is -2.48. The molecule has 100 valence electrons. The molecule has 1 atom stereocenters. The number of piperidine rings is 2. The second-order valence-electron chi connectivity index (χ2n) is 6.23. The van der Waals surface area contributed by atoms with Crippen LogP contribution in [0.4, 0.5) is 0 Å². The van der Waals surface area contributed by atoms with Gasteiger partial charge < -0.3 is 9.80 Å². The minimum absolute atomic E-state index is 0.718. The molecule has 2 heterocycles. The topological polar surface area (TPSA) is 6.48 Å². The summed E-state index contributed by atoms with van der Waals surface area (Å²) in [7, 11) is 0. The first-order valence-corrected chi connectivity index (χ1v) is 7.65. The predicted molar refractivity (Wildman–Crippen MR) is 74.3 cm³/mol. The Bertz CT molecular complexity index is 221. The third kappa shape index (κ3) is 3.03. The van der Waals surface area contributed by atoms with Gasteiger partial charge >= 0.3 is 0 Å². The molecule has 0 aromatic rings. The molecule has 0 bridgehead atoms. The quantitative estimate of drug-likeness (QED) is 0.746. The average molecular weight is 238 g/mol. The van der Waals surface area contributed by atoms with Crippen LogP contribution in [0.25, 0.3) is 0 Å². The van der Waals surface area contributed by atoms with Crippen molar-refractivity contribution in [2.45, 2.75) is 58.9 Å². The summed E-state index contributed by atoms with van der Waals surface area (Å²) in [6, 6.07) is 0.795. The van der Waals surface area contributed by atoms with Crippen LogP contribution in [-0.2, 0) is 0 Å². The Morgan fingerprint density at radius 1 is 0.941 bits per heavy atom. The van der Waals surface area contributed by atoms with E-state index in [4.69, 9.17) is 0 Å². The van der Waals surface area contributed by atoms with Crippen LogP contribution in [0.15, 0.2) is 0 Å². The fourth-order valence-corrected chi connectivity index (χ4v) is 3.54. The maximum Gasteiger partial charge on any atom is 0.00643 e. The fourth-order valence-electron chi connectivity index (χ4n) is 3.54. The summed E-state index contributed by atoms with van der Waals surface area (Å²) in [4.78, 5) is 5.32. The van der Waals surface area contributed by atoms with Crippen molar-refractivity contribution in [3.05, 3.63) is 0 Å². The number of nitrogens with zero attached hydrogens (tertiary/aromatic N) is 2. The Morgan fingerprint density at radius 3 is 1.94 bits per heavy atom. The van der Waals surface area contributed by atoms with Crippen molar-refractivity contribution in [1.82, 2.24) is 9.80 Å². The van der Waals surface area contributed by atoms with Crippen LogP contribution in [0.5, 0.6) is 0 Å². The Balaban J connectivity index is 1.82. The molecular formula is C15H30N2. The van der Waals surface area contributed by atoms with Gasteiger partial charge in [-0.25, -0.2) is 0 Å². The van der Waals surface area contributed by atoms with E-state index in [0.29, 0.717) is 0 Å². The molecule has 2 aliphatic rings. The summed E-state index contributed by atoms with van der Waals surface area (Å²) in [5, 5.41) is 0. The average Bonchev–Trinajstić information content (AvgIpc) is 2.40. The van der Waals surface area contributed by atoms with Gasteiger partial charge in [0, 0.05) is 6.04 Å². The smallest absolute Gasteiger partial charge is 0.00643 e. The van der Waals surface area contributed by atoms with E-state index in [1.807, 2.05) is 0 Å². The van der Waals surface area contributed by atoms with E-state index in [9.17, 15) is 0 Å². The van der Waals surface area contributed by atoms with Crippen LogP contribution in [-0.4, -0.2) is 48.6 Å². The summed E-state index contributed by atoms with van der Waals surface area (Å²) < 4.78 is 0. The molecule has 0 saturated carbocycles. The van der Waals surface area contributed by atoms with Crippen LogP contribution < -0.4 is 0 Å². The third-order valence-corrected chi connectivity index (χ3v) is 5.44. The molecule has 0 amide bonds. The highest BCUT2D eigenvalue weighted by Crippen LogP contribution is 2.41. The number of hydrogen-bond donors (Lipinski definition) is 0. The van der Waals surface area contributed by atoms with Gasteiger partial charge in [0.25, 0.3) is 0 Å². The molecule has 0 N–H and O–H groups in total. The highest BCUT2D eigenvalue weighted by Gasteiger charge is 2.37. The van der Waals surface area contributed by atoms with Gasteiger partial charge in [0.2, 0.25) is 0 Å². The molecule has 1 unspecified atom stereocenters. The molecule has 0 aromatic heterocycles. The van der Waals surface area contributed by atoms with E-state index in [-0.39, 0.29) is 0 Å². The molecule has 1 spiro atoms. The Hall–Kier alpha value is -0.0800. The standard InChI is InChI=1S/C15H30N2/c1-4-14(3)17-12-8-15(9-13-17)6-10-16(5-2)11-7-15/h14H,4-13H2,1-3H3. The molecular weight excluding hydrogens is 208 g/mol. The summed E-state index contributed by atoms with van der Waals surface area (Å²) >= 11 is 0. The first-order chi connectivity index (χ1) is 8.19. The molecule has 2 saturated heterocycles. The van der Waals surface area contributed by atoms with Crippen molar-refractivity contribution >= 4 is 0 Å². The normalized spacial score (nSPS) is 28.4. The van der Waals surface area contributed by atoms with Gasteiger partial charge in [0.15, 0.2) is 0 Å². The third-order valence-electron chi connectivity index (χ3n) is 5.44. The van der Waals surface area contributed by atoms with Crippen molar-refractivity contribution in [2.24, 2.45) is 5.41 Å². The van der Waals surface area contributed by atoms with Gasteiger partial charge in [-0.05, 0) is 77.2 Å². The maximum atomic E-state index is 2.71. The summed E-state index contributed by atoms with van der Waals surface area (Å²) in [6.07, 6.45) is 7.12. The predicted octanol–water partition coefficient (Wildman–Crippen LogP) is 2.98. The van der Waals surface area contributed by atoms with Gasteiger partial charge in [-0.15, -0.1) is 0 Å². The molecule has 2 fully saturated rings. The van der Waals surface area contributed by atoms with Crippen molar-refractivity contribution < 1.29 is 0 Å². The van der Waals surface area contributed by atoms with Crippen LogP contribution >= 0.6 is 0 Å². The van der Waals surface area contributed by atoms with Crippen molar-refractivity contribution in [3.8, 4) is 0 Å². The van der Waals surface area contributed by atoms with Gasteiger partial charge in [0.1, 0.15) is 0 Å². The molecule has 0 aromatic carbocycles. The number of hydrogen-bond acceptors (Lipinski definition) is 2. The highest BCUT2D eigenvalue weighted by molar-refractivity contribution is 4.91. The maximum absolute atomic E-state index is 2.71. The lowest BCUT2D eigenvalue weighted by Crippen LogP contribution is -2.48. The van der Waals surface area contributed by atoms with E-state index in [1.165, 1.54) is 64.8 Å². The Kier molecular flexibility index (Phi) is 4.48. The van der Waals surface area contributed by atoms with Crippen LogP contribution in [0.2, 0.25) is 0 Å². The first kappa shape index (κ1) is 13.4. The molecule has 0 radical (unpaired) electrons. The second kappa shape index (κ2) is 5.71. The summed E-state index contributed by atoms with van der Waals surface area (Å²) in [5.41, 5.74) is 0.718. The van der Waals surface area contributed by atoms with Gasteiger partial charge in [-0.3, -0.25) is 0 Å². The van der Waals surface area contributed by atoms with Crippen LogP contribution in [0.1, 0.15) is 52.9 Å². The lowest BCUT2D eigenvalue weighted by molar-refractivity contribution is 0.0235. The van der Waals surface area contributed by atoms with Gasteiger partial charge in [-0.2, -0.15) is 0 Å². The minimum atomic E-state index is 0.718. The number of likely N-dealkylation sites (tertiary alicyclic amines) is 2. The monoisotopic (exact) mass is 238 g/mol. The fraction of sp³-hybridized carbons (Fsp3) is 1.00. The highest BCUT2D eigenvalue weighted by atomic mass is 15.2. The van der Waals surface area contributed by atoms with Crippen molar-refractivity contribution in [3.63, 3.8) is 0 Å². The van der Waals surface area contributed by atoms with E-state index in [1.54, 1.807) is 0 Å². The lowest BCUT2D eigenvalue weighted by atomic mass is 9.71. The van der Waals surface area contributed by atoms with Crippen LogP contribution in [0.3, 0.4) is 0 Å². The van der Waals surface area contributed by atoms with E-state index >= 15 is 0 Å². The number of rotatable bonds is 3. The van der Waals surface area contributed by atoms with Crippen LogP contribution in [0, 0.1) is 5.41 Å². The Labute approximate surface area is 107 Å². The molecule has 2 rings (SSSR count). The zero-order valence-electron chi connectivity index (χ0n) is 12.0. The van der Waals surface area contributed by atoms with Crippen molar-refractivity contribution in [1.29, 1.82) is 0 Å². The SMILES string of the molecule is CCC(C)N1CCC2(CCN(CC)CC2)CC1. The largest absolute Gasteiger partial charge is 0.304 e. The summed E-state index contributed by atoms with van der Waals surface area (Å²) in [6.45, 7) is 13.6. The molecule has 17 heavy (non-hydrogen) atoms.